The fourth-order valence-electron chi connectivity index (χ4n) is 4.39. The van der Waals surface area contributed by atoms with Gasteiger partial charge in [0, 0.05) is 6.42 Å². The molecule has 162 valence electrons. The molecule has 1 N–H and O–H groups in total. The largest absolute Gasteiger partial charge is 0.477 e. The van der Waals surface area contributed by atoms with Gasteiger partial charge in [0.2, 0.25) is 0 Å². The van der Waals surface area contributed by atoms with Gasteiger partial charge in [0.15, 0.2) is 6.04 Å². The third-order valence-electron chi connectivity index (χ3n) is 6.15. The molecule has 0 radical (unpaired) electrons. The van der Waals surface area contributed by atoms with Crippen molar-refractivity contribution in [1.29, 1.82) is 0 Å². The first-order valence-corrected chi connectivity index (χ1v) is 12.2. The van der Waals surface area contributed by atoms with Crippen molar-refractivity contribution in [2.45, 2.75) is 130 Å². The molecule has 0 rings (SSSR count). The molecule has 0 amide bonds. The van der Waals surface area contributed by atoms with Crippen molar-refractivity contribution in [1.82, 2.24) is 0 Å². The number of carboxylic acid groups (broad SMARTS) is 1. The van der Waals surface area contributed by atoms with E-state index < -0.39 is 5.97 Å². The van der Waals surface area contributed by atoms with Crippen molar-refractivity contribution in [2.75, 3.05) is 19.6 Å². The van der Waals surface area contributed by atoms with Crippen molar-refractivity contribution in [3.05, 3.63) is 0 Å². The summed E-state index contributed by atoms with van der Waals surface area (Å²) in [6.45, 7) is 12.1. The molecule has 0 bridgehead atoms. The molecule has 0 heterocycles. The van der Waals surface area contributed by atoms with E-state index in [1.54, 1.807) is 0 Å². The number of unbranched alkanes of at least 4 members (excludes halogenated alkanes) is 10. The summed E-state index contributed by atoms with van der Waals surface area (Å²) in [7, 11) is 0. The highest BCUT2D eigenvalue weighted by Crippen LogP contribution is 2.25. The van der Waals surface area contributed by atoms with Gasteiger partial charge in [0.25, 0.3) is 0 Å². The predicted molar refractivity (Wildman–Crippen MR) is 118 cm³/mol. The number of hydrogen-bond acceptors (Lipinski definition) is 1. The van der Waals surface area contributed by atoms with Gasteiger partial charge < -0.3 is 9.59 Å². The van der Waals surface area contributed by atoms with Crippen LogP contribution >= 0.6 is 0 Å². The minimum absolute atomic E-state index is 0.199. The van der Waals surface area contributed by atoms with Gasteiger partial charge in [0.05, 0.1) is 19.6 Å². The molecule has 1 unspecified atom stereocenters. The van der Waals surface area contributed by atoms with Gasteiger partial charge >= 0.3 is 5.97 Å². The lowest BCUT2D eigenvalue weighted by Crippen LogP contribution is -2.60. The number of rotatable bonds is 20. The standard InChI is InChI=1S/C24H49NO2/c1-5-9-13-16-20-25(21-17-14-10-6-2,22-18-15-11-7-3)23(24(26)27)19-12-8-4/h23H,5-22H2,1-4H3/p+1. The minimum atomic E-state index is -0.551. The summed E-state index contributed by atoms with van der Waals surface area (Å²) in [6, 6.07) is -0.199. The Labute approximate surface area is 170 Å². The fourth-order valence-corrected chi connectivity index (χ4v) is 4.39. The molecule has 0 aliphatic rings. The minimum Gasteiger partial charge on any atom is -0.477 e. The topological polar surface area (TPSA) is 37.3 Å². The van der Waals surface area contributed by atoms with Crippen LogP contribution in [0.15, 0.2) is 0 Å². The van der Waals surface area contributed by atoms with Gasteiger partial charge in [-0.3, -0.25) is 0 Å². The van der Waals surface area contributed by atoms with Gasteiger partial charge in [-0.2, -0.15) is 0 Å². The van der Waals surface area contributed by atoms with E-state index in [4.69, 9.17) is 0 Å². The summed E-state index contributed by atoms with van der Waals surface area (Å²) < 4.78 is 0.854. The molecule has 0 aliphatic heterocycles. The molecule has 3 heteroatoms. The van der Waals surface area contributed by atoms with E-state index in [2.05, 4.69) is 27.7 Å². The zero-order chi connectivity index (χ0) is 20.4. The number of nitrogens with zero attached hydrogens (tertiary/aromatic N) is 1. The first-order chi connectivity index (χ1) is 13.1. The van der Waals surface area contributed by atoms with Crippen LogP contribution in [-0.2, 0) is 4.79 Å². The van der Waals surface area contributed by atoms with Crippen molar-refractivity contribution < 1.29 is 14.4 Å². The van der Waals surface area contributed by atoms with Crippen LogP contribution in [0.5, 0.6) is 0 Å². The smallest absolute Gasteiger partial charge is 0.362 e. The first kappa shape index (κ1) is 26.4. The van der Waals surface area contributed by atoms with Gasteiger partial charge in [-0.25, -0.2) is 4.79 Å². The second-order valence-corrected chi connectivity index (χ2v) is 8.57. The Morgan fingerprint density at radius 2 is 1.00 bits per heavy atom. The maximum Gasteiger partial charge on any atom is 0.362 e. The number of aliphatic carboxylic acids is 1. The number of quaternary nitrogens is 1. The molecular formula is C24H50NO2+. The summed E-state index contributed by atoms with van der Waals surface area (Å²) in [5.41, 5.74) is 0. The van der Waals surface area contributed by atoms with Gasteiger partial charge in [-0.15, -0.1) is 0 Å². The fraction of sp³-hybridized carbons (Fsp3) is 0.958. The van der Waals surface area contributed by atoms with Crippen LogP contribution < -0.4 is 0 Å². The molecule has 0 saturated carbocycles. The van der Waals surface area contributed by atoms with Gasteiger partial charge in [-0.05, 0) is 44.9 Å². The Kier molecular flexibility index (Phi) is 17.2. The van der Waals surface area contributed by atoms with Gasteiger partial charge in [0.1, 0.15) is 0 Å². The van der Waals surface area contributed by atoms with Crippen LogP contribution in [0.4, 0.5) is 0 Å². The van der Waals surface area contributed by atoms with Crippen molar-refractivity contribution in [2.24, 2.45) is 0 Å². The van der Waals surface area contributed by atoms with E-state index in [1.165, 1.54) is 77.0 Å². The monoisotopic (exact) mass is 384 g/mol. The zero-order valence-electron chi connectivity index (χ0n) is 19.1. The summed E-state index contributed by atoms with van der Waals surface area (Å²) in [6.07, 6.45) is 17.8. The molecule has 3 nitrogen and oxygen atoms in total. The molecule has 0 aromatic rings. The number of hydrogen-bond donors (Lipinski definition) is 1. The number of carboxylic acids is 1. The van der Waals surface area contributed by atoms with Crippen LogP contribution in [0.3, 0.4) is 0 Å². The van der Waals surface area contributed by atoms with Crippen molar-refractivity contribution >= 4 is 5.97 Å². The molecule has 0 aliphatic carbocycles. The highest BCUT2D eigenvalue weighted by molar-refractivity contribution is 5.72. The van der Waals surface area contributed by atoms with Crippen molar-refractivity contribution in [3.63, 3.8) is 0 Å². The molecule has 1 atom stereocenters. The molecule has 0 fully saturated rings. The Morgan fingerprint density at radius 1 is 0.630 bits per heavy atom. The highest BCUT2D eigenvalue weighted by atomic mass is 16.4. The Morgan fingerprint density at radius 3 is 1.30 bits per heavy atom. The maximum absolute atomic E-state index is 12.3. The van der Waals surface area contributed by atoms with E-state index in [9.17, 15) is 9.90 Å². The molecule has 27 heavy (non-hydrogen) atoms. The summed E-state index contributed by atoms with van der Waals surface area (Å²) in [5, 5.41) is 10.1. The quantitative estimate of drug-likeness (QED) is 0.178. The second-order valence-electron chi connectivity index (χ2n) is 8.57. The van der Waals surface area contributed by atoms with E-state index in [0.717, 1.165) is 43.4 Å². The van der Waals surface area contributed by atoms with E-state index in [1.807, 2.05) is 0 Å². The molecule has 0 saturated heterocycles. The van der Waals surface area contributed by atoms with Crippen LogP contribution in [0, 0.1) is 0 Å². The SMILES string of the molecule is CCCCCC[N+](CCCCCC)(CCCCCC)C(CCCC)C(=O)O. The lowest BCUT2D eigenvalue weighted by molar-refractivity contribution is -0.944. The third-order valence-corrected chi connectivity index (χ3v) is 6.15. The third kappa shape index (κ3) is 11.8. The van der Waals surface area contributed by atoms with Crippen molar-refractivity contribution in [3.8, 4) is 0 Å². The van der Waals surface area contributed by atoms with Crippen LogP contribution in [0.2, 0.25) is 0 Å². The number of carbonyl (C=O) groups is 1. The summed E-state index contributed by atoms with van der Waals surface area (Å²) in [5.74, 6) is -0.551. The normalized spacial score (nSPS) is 13.0. The average molecular weight is 385 g/mol. The maximum atomic E-state index is 12.3. The lowest BCUT2D eigenvalue weighted by atomic mass is 10.00. The highest BCUT2D eigenvalue weighted by Gasteiger charge is 2.40. The van der Waals surface area contributed by atoms with E-state index >= 15 is 0 Å². The Bertz CT molecular complexity index is 312. The second kappa shape index (κ2) is 17.5. The van der Waals surface area contributed by atoms with E-state index in [0.29, 0.717) is 0 Å². The predicted octanol–water partition coefficient (Wildman–Crippen LogP) is 7.19. The summed E-state index contributed by atoms with van der Waals surface area (Å²) >= 11 is 0. The van der Waals surface area contributed by atoms with Crippen LogP contribution in [-0.4, -0.2) is 41.2 Å². The Hall–Kier alpha value is -0.570. The molecular weight excluding hydrogens is 334 g/mol. The summed E-state index contributed by atoms with van der Waals surface area (Å²) in [4.78, 5) is 12.3. The average Bonchev–Trinajstić information content (AvgIpc) is 2.65. The van der Waals surface area contributed by atoms with Crippen LogP contribution in [0.1, 0.15) is 124 Å². The molecule has 0 aromatic heterocycles. The molecule has 0 aromatic carbocycles. The molecule has 0 spiro atoms. The first-order valence-electron chi connectivity index (χ1n) is 12.2. The zero-order valence-corrected chi connectivity index (χ0v) is 19.1. The lowest BCUT2D eigenvalue weighted by Gasteiger charge is -2.44. The Balaban J connectivity index is 5.30. The van der Waals surface area contributed by atoms with E-state index in [-0.39, 0.29) is 6.04 Å². The van der Waals surface area contributed by atoms with Crippen LogP contribution in [0.25, 0.3) is 0 Å². The van der Waals surface area contributed by atoms with Gasteiger partial charge in [-0.1, -0.05) is 72.6 Å².